The number of fused-ring (bicyclic) bond motifs is 1. The summed E-state index contributed by atoms with van der Waals surface area (Å²) in [4.78, 5) is 14.5. The van der Waals surface area contributed by atoms with Crippen molar-refractivity contribution in [2.45, 2.75) is 13.0 Å². The SMILES string of the molecule is C[C@@H]1COCCN1C(=O)c1cccc2c1OCCN2. The van der Waals surface area contributed by atoms with Gasteiger partial charge in [-0.25, -0.2) is 0 Å². The quantitative estimate of drug-likeness (QED) is 0.830. The molecule has 1 N–H and O–H groups in total. The number of hydrogen-bond donors (Lipinski definition) is 1. The molecular weight excluding hydrogens is 244 g/mol. The van der Waals surface area contributed by atoms with E-state index < -0.39 is 0 Å². The molecular formula is C14H18N2O3. The number of rotatable bonds is 1. The summed E-state index contributed by atoms with van der Waals surface area (Å²) in [5, 5.41) is 3.25. The Morgan fingerprint density at radius 2 is 2.32 bits per heavy atom. The molecule has 1 amide bonds. The molecule has 0 saturated carbocycles. The molecule has 1 aromatic rings. The van der Waals surface area contributed by atoms with Gasteiger partial charge in [-0.15, -0.1) is 0 Å². The summed E-state index contributed by atoms with van der Waals surface area (Å²) >= 11 is 0. The third kappa shape index (κ3) is 2.26. The number of carbonyl (C=O) groups is 1. The normalized spacial score (nSPS) is 22.2. The number of nitrogens with zero attached hydrogens (tertiary/aromatic N) is 1. The molecule has 1 atom stereocenters. The van der Waals surface area contributed by atoms with E-state index in [2.05, 4.69) is 5.32 Å². The first kappa shape index (κ1) is 12.3. The third-order valence-corrected chi connectivity index (χ3v) is 3.54. The second kappa shape index (κ2) is 5.09. The van der Waals surface area contributed by atoms with E-state index in [4.69, 9.17) is 9.47 Å². The smallest absolute Gasteiger partial charge is 0.258 e. The minimum absolute atomic E-state index is 0.0244. The number of morpholine rings is 1. The molecule has 5 heteroatoms. The standard InChI is InChI=1S/C14H18N2O3/c1-10-9-18-8-6-16(10)14(17)11-3-2-4-12-13(11)19-7-5-15-12/h2-4,10,15H,5-9H2,1H3/t10-/m1/s1. The zero-order chi connectivity index (χ0) is 13.2. The highest BCUT2D eigenvalue weighted by Crippen LogP contribution is 2.32. The van der Waals surface area contributed by atoms with Crippen molar-refractivity contribution in [3.05, 3.63) is 23.8 Å². The third-order valence-electron chi connectivity index (χ3n) is 3.54. The number of ether oxygens (including phenoxy) is 2. The molecule has 0 unspecified atom stereocenters. The van der Waals surface area contributed by atoms with Gasteiger partial charge >= 0.3 is 0 Å². The van der Waals surface area contributed by atoms with Gasteiger partial charge in [0.2, 0.25) is 0 Å². The van der Waals surface area contributed by atoms with Crippen LogP contribution in [0, 0.1) is 0 Å². The molecule has 1 fully saturated rings. The van der Waals surface area contributed by atoms with Crippen LogP contribution in [0.15, 0.2) is 18.2 Å². The van der Waals surface area contributed by atoms with E-state index in [1.165, 1.54) is 0 Å². The van der Waals surface area contributed by atoms with Gasteiger partial charge in [0.15, 0.2) is 5.75 Å². The molecule has 0 spiro atoms. The van der Waals surface area contributed by atoms with Gasteiger partial charge in [-0.05, 0) is 19.1 Å². The Hall–Kier alpha value is -1.75. The van der Waals surface area contributed by atoms with Gasteiger partial charge < -0.3 is 19.7 Å². The van der Waals surface area contributed by atoms with E-state index in [1.54, 1.807) is 0 Å². The summed E-state index contributed by atoms with van der Waals surface area (Å²) in [6.45, 7) is 5.21. The second-order valence-electron chi connectivity index (χ2n) is 4.88. The summed E-state index contributed by atoms with van der Waals surface area (Å²) < 4.78 is 11.0. The number of benzene rings is 1. The van der Waals surface area contributed by atoms with Crippen molar-refractivity contribution < 1.29 is 14.3 Å². The zero-order valence-corrected chi connectivity index (χ0v) is 11.0. The Morgan fingerprint density at radius 1 is 1.42 bits per heavy atom. The highest BCUT2D eigenvalue weighted by atomic mass is 16.5. The lowest BCUT2D eigenvalue weighted by Crippen LogP contribution is -2.47. The van der Waals surface area contributed by atoms with E-state index in [-0.39, 0.29) is 11.9 Å². The Morgan fingerprint density at radius 3 is 3.16 bits per heavy atom. The van der Waals surface area contributed by atoms with Crippen molar-refractivity contribution in [2.75, 3.05) is 38.2 Å². The van der Waals surface area contributed by atoms with Gasteiger partial charge in [-0.1, -0.05) is 6.07 Å². The fourth-order valence-electron chi connectivity index (χ4n) is 2.52. The Bertz CT molecular complexity index is 490. The largest absolute Gasteiger partial charge is 0.489 e. The van der Waals surface area contributed by atoms with Gasteiger partial charge in [0.25, 0.3) is 5.91 Å². The first-order valence-corrected chi connectivity index (χ1v) is 6.66. The van der Waals surface area contributed by atoms with Crippen molar-refractivity contribution in [3.63, 3.8) is 0 Å². The highest BCUT2D eigenvalue weighted by molar-refractivity contribution is 5.99. The van der Waals surface area contributed by atoms with Crippen LogP contribution >= 0.6 is 0 Å². The first-order chi connectivity index (χ1) is 9.27. The van der Waals surface area contributed by atoms with Crippen LogP contribution in [0.2, 0.25) is 0 Å². The molecule has 0 radical (unpaired) electrons. The lowest BCUT2D eigenvalue weighted by atomic mass is 10.1. The predicted octanol–water partition coefficient (Wildman–Crippen LogP) is 1.35. The molecule has 2 heterocycles. The number of amides is 1. The lowest BCUT2D eigenvalue weighted by molar-refractivity contribution is 0.00340. The summed E-state index contributed by atoms with van der Waals surface area (Å²) in [5.74, 6) is 0.703. The number of nitrogens with one attached hydrogen (secondary N) is 1. The number of hydrogen-bond acceptors (Lipinski definition) is 4. The second-order valence-corrected chi connectivity index (χ2v) is 4.88. The van der Waals surface area contributed by atoms with Gasteiger partial charge in [0.1, 0.15) is 6.61 Å². The monoisotopic (exact) mass is 262 g/mol. The van der Waals surface area contributed by atoms with Crippen LogP contribution < -0.4 is 10.1 Å². The summed E-state index contributed by atoms with van der Waals surface area (Å²) in [5.41, 5.74) is 1.54. The fourth-order valence-corrected chi connectivity index (χ4v) is 2.52. The lowest BCUT2D eigenvalue weighted by Gasteiger charge is -2.34. The van der Waals surface area contributed by atoms with Crippen LogP contribution in [0.4, 0.5) is 5.69 Å². The highest BCUT2D eigenvalue weighted by Gasteiger charge is 2.28. The molecule has 3 rings (SSSR count). The van der Waals surface area contributed by atoms with Crippen LogP contribution in [0.1, 0.15) is 17.3 Å². The molecule has 0 aromatic heterocycles. The summed E-state index contributed by atoms with van der Waals surface area (Å²) in [7, 11) is 0. The molecule has 19 heavy (non-hydrogen) atoms. The van der Waals surface area contributed by atoms with Crippen LogP contribution in [0.5, 0.6) is 5.75 Å². The van der Waals surface area contributed by atoms with Crippen LogP contribution in [0.25, 0.3) is 0 Å². The van der Waals surface area contributed by atoms with Gasteiger partial charge in [0, 0.05) is 13.1 Å². The van der Waals surface area contributed by atoms with Gasteiger partial charge in [-0.2, -0.15) is 0 Å². The summed E-state index contributed by atoms with van der Waals surface area (Å²) in [6.07, 6.45) is 0. The van der Waals surface area contributed by atoms with Crippen molar-refractivity contribution in [2.24, 2.45) is 0 Å². The predicted molar refractivity (Wildman–Crippen MR) is 71.7 cm³/mol. The topological polar surface area (TPSA) is 50.8 Å². The Labute approximate surface area is 112 Å². The maximum atomic E-state index is 12.6. The average Bonchev–Trinajstić information content (AvgIpc) is 2.46. The minimum Gasteiger partial charge on any atom is -0.489 e. The maximum absolute atomic E-state index is 12.6. The van der Waals surface area contributed by atoms with Crippen LogP contribution in [-0.2, 0) is 4.74 Å². The molecule has 2 aliphatic heterocycles. The number of anilines is 1. The number of para-hydroxylation sites is 1. The molecule has 5 nitrogen and oxygen atoms in total. The van der Waals surface area contributed by atoms with E-state index in [0.29, 0.717) is 37.7 Å². The molecule has 2 aliphatic rings. The van der Waals surface area contributed by atoms with Gasteiger partial charge in [0.05, 0.1) is 30.5 Å². The van der Waals surface area contributed by atoms with E-state index in [1.807, 2.05) is 30.0 Å². The van der Waals surface area contributed by atoms with Crippen molar-refractivity contribution >= 4 is 11.6 Å². The average molecular weight is 262 g/mol. The molecule has 1 saturated heterocycles. The molecule has 102 valence electrons. The van der Waals surface area contributed by atoms with Crippen LogP contribution in [0.3, 0.4) is 0 Å². The first-order valence-electron chi connectivity index (χ1n) is 6.66. The fraction of sp³-hybridized carbons (Fsp3) is 0.500. The zero-order valence-electron chi connectivity index (χ0n) is 11.0. The Kier molecular flexibility index (Phi) is 3.29. The minimum atomic E-state index is 0.0244. The van der Waals surface area contributed by atoms with Gasteiger partial charge in [-0.3, -0.25) is 4.79 Å². The van der Waals surface area contributed by atoms with E-state index in [9.17, 15) is 4.79 Å². The van der Waals surface area contributed by atoms with E-state index in [0.717, 1.165) is 12.2 Å². The summed E-state index contributed by atoms with van der Waals surface area (Å²) in [6, 6.07) is 5.76. The number of carbonyl (C=O) groups excluding carboxylic acids is 1. The maximum Gasteiger partial charge on any atom is 0.258 e. The van der Waals surface area contributed by atoms with Crippen LogP contribution in [-0.4, -0.2) is 49.8 Å². The molecule has 0 bridgehead atoms. The van der Waals surface area contributed by atoms with Crippen molar-refractivity contribution in [1.82, 2.24) is 4.90 Å². The Balaban J connectivity index is 1.91. The van der Waals surface area contributed by atoms with Crippen molar-refractivity contribution in [3.8, 4) is 5.75 Å². The van der Waals surface area contributed by atoms with Crippen molar-refractivity contribution in [1.29, 1.82) is 0 Å². The van der Waals surface area contributed by atoms with E-state index >= 15 is 0 Å². The molecule has 0 aliphatic carbocycles. The molecule has 1 aromatic carbocycles.